The Balaban J connectivity index is 2.36. The normalized spacial score (nSPS) is 11.1. The average molecular weight is 323 g/mol. The van der Waals surface area contributed by atoms with Gasteiger partial charge in [0.1, 0.15) is 4.83 Å². The molecule has 20 heavy (non-hydrogen) atoms. The van der Waals surface area contributed by atoms with Crippen LogP contribution in [0.25, 0.3) is 15.9 Å². The number of fused-ring (bicyclic) bond motifs is 1. The Kier molecular flexibility index (Phi) is 3.50. The van der Waals surface area contributed by atoms with Crippen LogP contribution in [0.3, 0.4) is 0 Å². The second kappa shape index (κ2) is 5.16. The number of aromatic amines is 1. The van der Waals surface area contributed by atoms with Crippen LogP contribution in [0.2, 0.25) is 5.02 Å². The molecule has 0 atom stereocenters. The lowest BCUT2D eigenvalue weighted by molar-refractivity contribution is 0.943. The number of hydrogen-bond acceptors (Lipinski definition) is 3. The molecule has 0 spiro atoms. The van der Waals surface area contributed by atoms with E-state index in [9.17, 15) is 4.79 Å². The van der Waals surface area contributed by atoms with E-state index < -0.39 is 0 Å². The van der Waals surface area contributed by atoms with Crippen molar-refractivity contribution in [1.82, 2.24) is 9.55 Å². The van der Waals surface area contributed by atoms with Crippen LogP contribution in [0.1, 0.15) is 11.8 Å². The fourth-order valence-electron chi connectivity index (χ4n) is 2.08. The summed E-state index contributed by atoms with van der Waals surface area (Å²) in [6, 6.07) is 9.03. The lowest BCUT2D eigenvalue weighted by atomic mass is 10.3. The Hall–Kier alpha value is -1.43. The molecule has 0 radical (unpaired) electrons. The highest BCUT2D eigenvalue weighted by Gasteiger charge is 2.10. The number of H-pyrrole nitrogens is 1. The summed E-state index contributed by atoms with van der Waals surface area (Å²) in [5, 5.41) is 1.24. The number of aryl methyl sites for hydroxylation is 1. The molecule has 2 aromatic heterocycles. The zero-order valence-corrected chi connectivity index (χ0v) is 13.0. The van der Waals surface area contributed by atoms with E-state index in [2.05, 4.69) is 11.9 Å². The Morgan fingerprint density at radius 3 is 2.90 bits per heavy atom. The van der Waals surface area contributed by atoms with Crippen LogP contribution in [-0.2, 0) is 6.42 Å². The Morgan fingerprint density at radius 1 is 1.40 bits per heavy atom. The molecule has 0 aliphatic rings. The van der Waals surface area contributed by atoms with Gasteiger partial charge >= 0.3 is 0 Å². The number of halogens is 1. The van der Waals surface area contributed by atoms with E-state index in [1.165, 1.54) is 4.57 Å². The van der Waals surface area contributed by atoms with Gasteiger partial charge in [-0.15, -0.1) is 11.3 Å². The summed E-state index contributed by atoms with van der Waals surface area (Å²) in [7, 11) is 0. The highest BCUT2D eigenvalue weighted by atomic mass is 35.5. The molecule has 1 aromatic carbocycles. The van der Waals surface area contributed by atoms with Crippen LogP contribution in [-0.4, -0.2) is 9.55 Å². The van der Waals surface area contributed by atoms with Crippen molar-refractivity contribution >= 4 is 45.4 Å². The van der Waals surface area contributed by atoms with Gasteiger partial charge < -0.3 is 4.98 Å². The molecule has 1 N–H and O–H groups in total. The molecule has 0 aliphatic carbocycles. The molecule has 3 rings (SSSR count). The van der Waals surface area contributed by atoms with Crippen molar-refractivity contribution < 1.29 is 0 Å². The van der Waals surface area contributed by atoms with Crippen molar-refractivity contribution in [3.8, 4) is 5.69 Å². The molecular weight excluding hydrogens is 312 g/mol. The molecule has 3 aromatic rings. The first-order valence-electron chi connectivity index (χ1n) is 6.14. The van der Waals surface area contributed by atoms with Crippen molar-refractivity contribution in [2.45, 2.75) is 13.3 Å². The minimum atomic E-state index is -0.109. The van der Waals surface area contributed by atoms with Crippen molar-refractivity contribution in [3.05, 3.63) is 55.4 Å². The minimum Gasteiger partial charge on any atom is -0.323 e. The largest absolute Gasteiger partial charge is 0.323 e. The summed E-state index contributed by atoms with van der Waals surface area (Å²) < 4.78 is 1.87. The van der Waals surface area contributed by atoms with Gasteiger partial charge in [0.2, 0.25) is 0 Å². The van der Waals surface area contributed by atoms with Gasteiger partial charge in [-0.05, 0) is 42.9 Å². The topological polar surface area (TPSA) is 37.8 Å². The van der Waals surface area contributed by atoms with Gasteiger partial charge in [0, 0.05) is 9.90 Å². The van der Waals surface area contributed by atoms with E-state index in [1.807, 2.05) is 12.1 Å². The maximum atomic E-state index is 12.6. The number of rotatable bonds is 2. The molecule has 0 saturated heterocycles. The van der Waals surface area contributed by atoms with Gasteiger partial charge in [0.25, 0.3) is 5.56 Å². The maximum absolute atomic E-state index is 12.6. The zero-order chi connectivity index (χ0) is 14.3. The molecule has 0 aliphatic heterocycles. The summed E-state index contributed by atoms with van der Waals surface area (Å²) in [6.07, 6.45) is 0.899. The van der Waals surface area contributed by atoms with Crippen molar-refractivity contribution in [2.75, 3.05) is 0 Å². The molecule has 0 fully saturated rings. The van der Waals surface area contributed by atoms with Crippen LogP contribution in [0.5, 0.6) is 0 Å². The van der Waals surface area contributed by atoms with E-state index in [-0.39, 0.29) is 5.56 Å². The molecule has 6 heteroatoms. The molecule has 0 amide bonds. The number of nitrogens with zero attached hydrogens (tertiary/aromatic N) is 1. The second-order valence-corrected chi connectivity index (χ2v) is 6.32. The fraction of sp³-hybridized carbons (Fsp3) is 0.143. The Labute approximate surface area is 129 Å². The minimum absolute atomic E-state index is 0.109. The third-order valence-electron chi connectivity index (χ3n) is 3.06. The van der Waals surface area contributed by atoms with Gasteiger partial charge in [-0.2, -0.15) is 0 Å². The SMILES string of the molecule is CCc1cc2c(=O)n(-c3cccc(Cl)c3)c(=S)[nH]c2s1. The van der Waals surface area contributed by atoms with Crippen LogP contribution < -0.4 is 5.56 Å². The number of nitrogens with one attached hydrogen (secondary N) is 1. The smallest absolute Gasteiger partial charge is 0.267 e. The lowest BCUT2D eigenvalue weighted by Gasteiger charge is -2.06. The van der Waals surface area contributed by atoms with Gasteiger partial charge in [0.15, 0.2) is 4.77 Å². The predicted molar refractivity (Wildman–Crippen MR) is 87.0 cm³/mol. The summed E-state index contributed by atoms with van der Waals surface area (Å²) in [5.41, 5.74) is 0.567. The van der Waals surface area contributed by atoms with E-state index in [4.69, 9.17) is 23.8 Å². The van der Waals surface area contributed by atoms with Gasteiger partial charge in [0.05, 0.1) is 11.1 Å². The van der Waals surface area contributed by atoms with Crippen molar-refractivity contribution in [2.24, 2.45) is 0 Å². The molecule has 2 heterocycles. The number of hydrogen-bond donors (Lipinski definition) is 1. The first kappa shape index (κ1) is 13.5. The van der Waals surface area contributed by atoms with Crippen molar-refractivity contribution in [1.29, 1.82) is 0 Å². The number of benzene rings is 1. The Morgan fingerprint density at radius 2 is 2.20 bits per heavy atom. The lowest BCUT2D eigenvalue weighted by Crippen LogP contribution is -2.19. The van der Waals surface area contributed by atoms with Crippen LogP contribution in [0, 0.1) is 4.77 Å². The monoisotopic (exact) mass is 322 g/mol. The summed E-state index contributed by atoms with van der Waals surface area (Å²) >= 11 is 12.9. The van der Waals surface area contributed by atoms with Crippen molar-refractivity contribution in [3.63, 3.8) is 0 Å². The van der Waals surface area contributed by atoms with Gasteiger partial charge in [-0.25, -0.2) is 0 Å². The summed E-state index contributed by atoms with van der Waals surface area (Å²) in [5.74, 6) is 0. The predicted octanol–water partition coefficient (Wildman–Crippen LogP) is 4.33. The molecule has 0 saturated carbocycles. The van der Waals surface area contributed by atoms with E-state index in [0.29, 0.717) is 20.9 Å². The summed E-state index contributed by atoms with van der Waals surface area (Å²) in [4.78, 5) is 17.7. The first-order valence-corrected chi connectivity index (χ1v) is 7.74. The molecule has 102 valence electrons. The highest BCUT2D eigenvalue weighted by Crippen LogP contribution is 2.22. The summed E-state index contributed by atoms with van der Waals surface area (Å²) in [6.45, 7) is 2.06. The van der Waals surface area contributed by atoms with Crippen LogP contribution in [0.4, 0.5) is 0 Å². The molecular formula is C14H11ClN2OS2. The first-order chi connectivity index (χ1) is 9.60. The third-order valence-corrected chi connectivity index (χ3v) is 4.77. The number of aromatic nitrogens is 2. The highest BCUT2D eigenvalue weighted by molar-refractivity contribution is 7.71. The second-order valence-electron chi connectivity index (χ2n) is 4.36. The van der Waals surface area contributed by atoms with E-state index in [1.54, 1.807) is 29.5 Å². The molecule has 0 unspecified atom stereocenters. The Bertz CT molecular complexity index is 907. The van der Waals surface area contributed by atoms with Gasteiger partial charge in [-0.1, -0.05) is 24.6 Å². The third kappa shape index (κ3) is 2.22. The van der Waals surface area contributed by atoms with E-state index in [0.717, 1.165) is 16.1 Å². The zero-order valence-electron chi connectivity index (χ0n) is 10.6. The average Bonchev–Trinajstić information content (AvgIpc) is 2.82. The van der Waals surface area contributed by atoms with E-state index >= 15 is 0 Å². The fourth-order valence-corrected chi connectivity index (χ4v) is 3.61. The molecule has 3 nitrogen and oxygen atoms in total. The maximum Gasteiger partial charge on any atom is 0.267 e. The van der Waals surface area contributed by atoms with Crippen LogP contribution in [0.15, 0.2) is 35.1 Å². The van der Waals surface area contributed by atoms with Crippen LogP contribution >= 0.6 is 35.2 Å². The number of thiophene rings is 1. The quantitative estimate of drug-likeness (QED) is 0.713. The van der Waals surface area contributed by atoms with Gasteiger partial charge in [-0.3, -0.25) is 9.36 Å². The molecule has 0 bridgehead atoms. The standard InChI is InChI=1S/C14H11ClN2OS2/c1-2-10-7-11-12(20-10)16-14(19)17(13(11)18)9-5-3-4-8(15)6-9/h3-7H,2H2,1H3,(H,16,19).